The molecule has 1 atom stereocenters. The lowest BCUT2D eigenvalue weighted by molar-refractivity contribution is 0.0779. The molecule has 2 aliphatic heterocycles. The Kier molecular flexibility index (Phi) is 10.4. The molecule has 11 heteroatoms. The largest absolute Gasteiger partial charge is 0.493 e. The zero-order chi connectivity index (χ0) is 34.5. The van der Waals surface area contributed by atoms with Crippen molar-refractivity contribution in [2.45, 2.75) is 50.6 Å². The van der Waals surface area contributed by atoms with Gasteiger partial charge in [0.05, 0.1) is 32.4 Å². The Morgan fingerprint density at radius 2 is 1.71 bits per heavy atom. The van der Waals surface area contributed by atoms with E-state index in [1.54, 1.807) is 23.1 Å². The minimum Gasteiger partial charge on any atom is -0.493 e. The molecule has 260 valence electrons. The molecule has 49 heavy (non-hydrogen) atoms. The van der Waals surface area contributed by atoms with E-state index in [1.807, 2.05) is 25.1 Å². The normalized spacial score (nSPS) is 18.8. The Balaban J connectivity index is 1.15. The number of nitrogens with zero attached hydrogens (tertiary/aromatic N) is 4. The van der Waals surface area contributed by atoms with Gasteiger partial charge in [0.2, 0.25) is 11.7 Å². The number of hydrogen-bond donors (Lipinski definition) is 1. The Labute approximate surface area is 286 Å². The third kappa shape index (κ3) is 7.08. The quantitative estimate of drug-likeness (QED) is 0.168. The van der Waals surface area contributed by atoms with E-state index in [0.29, 0.717) is 54.3 Å². The lowest BCUT2D eigenvalue weighted by Crippen LogP contribution is -2.42. The molecule has 9 nitrogen and oxygen atoms in total. The van der Waals surface area contributed by atoms with E-state index in [0.717, 1.165) is 56.0 Å². The van der Waals surface area contributed by atoms with E-state index < -0.39 is 17.0 Å². The number of nitrogens with one attached hydrogen (secondary N) is 1. The molecule has 4 aromatic rings. The summed E-state index contributed by atoms with van der Waals surface area (Å²) in [6, 6.07) is 15.9. The summed E-state index contributed by atoms with van der Waals surface area (Å²) in [6.45, 7) is 6.21. The maximum Gasteiger partial charge on any atom is 0.254 e. The topological polar surface area (TPSA) is 81.1 Å². The number of rotatable bonds is 12. The zero-order valence-electron chi connectivity index (χ0n) is 28.7. The first-order chi connectivity index (χ1) is 23.8. The van der Waals surface area contributed by atoms with E-state index in [4.69, 9.17) is 19.2 Å². The summed E-state index contributed by atoms with van der Waals surface area (Å²) in [5.41, 5.74) is 2.67. The van der Waals surface area contributed by atoms with E-state index in [-0.39, 0.29) is 11.9 Å². The highest BCUT2D eigenvalue weighted by molar-refractivity contribution is 5.96. The number of amides is 1. The summed E-state index contributed by atoms with van der Waals surface area (Å²) >= 11 is 0. The number of benzene rings is 3. The molecule has 0 spiro atoms. The predicted molar refractivity (Wildman–Crippen MR) is 187 cm³/mol. The molecule has 0 aliphatic carbocycles. The highest BCUT2D eigenvalue weighted by atomic mass is 19.2. The molecule has 0 radical (unpaired) electrons. The number of para-hydroxylation sites is 2. The number of anilines is 1. The van der Waals surface area contributed by atoms with Crippen molar-refractivity contribution >= 4 is 22.9 Å². The van der Waals surface area contributed by atoms with Crippen LogP contribution in [0.25, 0.3) is 11.0 Å². The van der Waals surface area contributed by atoms with Gasteiger partial charge in [0.15, 0.2) is 23.1 Å². The first-order valence-electron chi connectivity index (χ1n) is 16.9. The van der Waals surface area contributed by atoms with Crippen LogP contribution in [0.15, 0.2) is 66.7 Å². The van der Waals surface area contributed by atoms with Gasteiger partial charge in [-0.1, -0.05) is 30.4 Å². The average Bonchev–Trinajstić information content (AvgIpc) is 3.72. The molecule has 3 aromatic carbocycles. The van der Waals surface area contributed by atoms with Crippen LogP contribution in [0.4, 0.5) is 14.7 Å². The molecule has 0 bridgehead atoms. The fourth-order valence-corrected chi connectivity index (χ4v) is 7.28. The van der Waals surface area contributed by atoms with E-state index >= 15 is 0 Å². The van der Waals surface area contributed by atoms with Crippen molar-refractivity contribution < 1.29 is 27.8 Å². The summed E-state index contributed by atoms with van der Waals surface area (Å²) in [5, 5.41) is 3.71. The summed E-state index contributed by atoms with van der Waals surface area (Å²) < 4.78 is 47.3. The summed E-state index contributed by atoms with van der Waals surface area (Å²) in [4.78, 5) is 23.0. The van der Waals surface area contributed by atoms with E-state index in [9.17, 15) is 13.6 Å². The highest BCUT2D eigenvalue weighted by Crippen LogP contribution is 2.42. The highest BCUT2D eigenvalue weighted by Gasteiger charge is 2.42. The molecule has 1 amide bonds. The van der Waals surface area contributed by atoms with Gasteiger partial charge in [-0.25, -0.2) is 13.8 Å². The zero-order valence-corrected chi connectivity index (χ0v) is 28.7. The molecule has 2 fully saturated rings. The fourth-order valence-electron chi connectivity index (χ4n) is 7.28. The van der Waals surface area contributed by atoms with Crippen molar-refractivity contribution in [3.05, 3.63) is 89.5 Å². The number of carbonyl (C=O) groups excluding carboxylic acids is 1. The number of likely N-dealkylation sites (tertiary alicyclic amines) is 2. The third-order valence-electron chi connectivity index (χ3n) is 10.1. The number of carbonyl (C=O) groups is 1. The van der Waals surface area contributed by atoms with Crippen LogP contribution < -0.4 is 19.5 Å². The maximum absolute atomic E-state index is 14.6. The van der Waals surface area contributed by atoms with E-state index in [2.05, 4.69) is 33.0 Å². The van der Waals surface area contributed by atoms with Gasteiger partial charge in [-0.15, -0.1) is 0 Å². The minimum atomic E-state index is -0.879. The van der Waals surface area contributed by atoms with Crippen molar-refractivity contribution in [2.75, 3.05) is 59.4 Å². The SMILES string of the molecule is CC=CCn1c(NC2CCN(CCC3(c4ccc(F)c(F)c4)CCN(C(=O)c4cc(OC)c(OC)c(OC)c4)C3)CC2)nc2ccccc21. The molecule has 1 N–H and O–H groups in total. The van der Waals surface area contributed by atoms with Gasteiger partial charge < -0.3 is 33.9 Å². The summed E-state index contributed by atoms with van der Waals surface area (Å²) in [5.74, 6) is 0.141. The molecule has 0 saturated carbocycles. The number of methoxy groups -OCH3 is 3. The molecule has 3 heterocycles. The number of aromatic nitrogens is 2. The van der Waals surface area contributed by atoms with Gasteiger partial charge in [0.1, 0.15) is 0 Å². The number of allylic oxidation sites excluding steroid dienone is 2. The fraction of sp³-hybridized carbons (Fsp3) is 0.421. The summed E-state index contributed by atoms with van der Waals surface area (Å²) in [7, 11) is 4.54. The van der Waals surface area contributed by atoms with Gasteiger partial charge in [-0.3, -0.25) is 4.79 Å². The smallest absolute Gasteiger partial charge is 0.254 e. The maximum atomic E-state index is 14.6. The van der Waals surface area contributed by atoms with Crippen molar-refractivity contribution in [1.82, 2.24) is 19.4 Å². The number of hydrogen-bond acceptors (Lipinski definition) is 7. The molecular weight excluding hydrogens is 628 g/mol. The second-order valence-electron chi connectivity index (χ2n) is 12.9. The lowest BCUT2D eigenvalue weighted by Gasteiger charge is -2.36. The lowest BCUT2D eigenvalue weighted by atomic mass is 9.76. The Bertz CT molecular complexity index is 1790. The number of imidazole rings is 1. The monoisotopic (exact) mass is 673 g/mol. The Hall–Kier alpha value is -4.64. The Morgan fingerprint density at radius 1 is 0.980 bits per heavy atom. The number of ether oxygens (including phenoxy) is 3. The molecule has 2 saturated heterocycles. The van der Waals surface area contributed by atoms with Gasteiger partial charge in [0, 0.05) is 49.7 Å². The first kappa shape index (κ1) is 34.2. The van der Waals surface area contributed by atoms with Gasteiger partial charge in [-0.05, 0) is 81.1 Å². The van der Waals surface area contributed by atoms with Crippen LogP contribution in [0.2, 0.25) is 0 Å². The summed E-state index contributed by atoms with van der Waals surface area (Å²) in [6.07, 6.45) is 7.43. The molecule has 6 rings (SSSR count). The van der Waals surface area contributed by atoms with Crippen molar-refractivity contribution in [3.8, 4) is 17.2 Å². The van der Waals surface area contributed by atoms with Crippen LogP contribution in [0, 0.1) is 11.6 Å². The van der Waals surface area contributed by atoms with Gasteiger partial charge in [0.25, 0.3) is 5.91 Å². The van der Waals surface area contributed by atoms with Crippen LogP contribution in [-0.2, 0) is 12.0 Å². The second kappa shape index (κ2) is 14.9. The number of halogens is 2. The average molecular weight is 674 g/mol. The first-order valence-corrected chi connectivity index (χ1v) is 16.9. The van der Waals surface area contributed by atoms with Crippen molar-refractivity contribution in [3.63, 3.8) is 0 Å². The number of fused-ring (bicyclic) bond motifs is 1. The number of piperidine rings is 1. The van der Waals surface area contributed by atoms with Crippen molar-refractivity contribution in [1.29, 1.82) is 0 Å². The van der Waals surface area contributed by atoms with Gasteiger partial charge in [-0.2, -0.15) is 0 Å². The van der Waals surface area contributed by atoms with Crippen LogP contribution >= 0.6 is 0 Å². The Morgan fingerprint density at radius 3 is 2.39 bits per heavy atom. The molecular formula is C38H45F2N5O4. The van der Waals surface area contributed by atoms with E-state index in [1.165, 1.54) is 33.5 Å². The standard InChI is InChI=1S/C38H45F2N5O4/c1-5-6-17-45-32-10-8-7-9-31(32)42-37(45)41-28-13-18-43(19-14-28)20-15-38(27-11-12-29(39)30(40)24-27)16-21-44(25-38)36(46)26-22-33(47-2)35(49-4)34(23-26)48-3/h5-12,22-24,28H,13-21,25H2,1-4H3,(H,41,42). The molecule has 1 unspecified atom stereocenters. The van der Waals surface area contributed by atoms with Crippen LogP contribution in [0.1, 0.15) is 48.5 Å². The van der Waals surface area contributed by atoms with Crippen molar-refractivity contribution in [2.24, 2.45) is 0 Å². The third-order valence-corrected chi connectivity index (χ3v) is 10.1. The molecule has 2 aliphatic rings. The molecule has 1 aromatic heterocycles. The van der Waals surface area contributed by atoms with Crippen LogP contribution in [0.3, 0.4) is 0 Å². The van der Waals surface area contributed by atoms with Crippen LogP contribution in [-0.4, -0.2) is 85.4 Å². The van der Waals surface area contributed by atoms with Crippen LogP contribution in [0.5, 0.6) is 17.2 Å². The second-order valence-corrected chi connectivity index (χ2v) is 12.9. The predicted octanol–water partition coefficient (Wildman–Crippen LogP) is 6.67. The minimum absolute atomic E-state index is 0.184. The van der Waals surface area contributed by atoms with Gasteiger partial charge >= 0.3 is 0 Å².